The summed E-state index contributed by atoms with van der Waals surface area (Å²) in [6.45, 7) is 4.08. The van der Waals surface area contributed by atoms with Crippen molar-refractivity contribution in [3.63, 3.8) is 0 Å². The predicted octanol–water partition coefficient (Wildman–Crippen LogP) is 4.30. The van der Waals surface area contributed by atoms with E-state index in [1.807, 2.05) is 30.3 Å². The number of hydrogen-bond donors (Lipinski definition) is 1. The van der Waals surface area contributed by atoms with Gasteiger partial charge in [0.15, 0.2) is 11.6 Å². The van der Waals surface area contributed by atoms with E-state index in [1.54, 1.807) is 0 Å². The Labute approximate surface area is 136 Å². The van der Waals surface area contributed by atoms with Gasteiger partial charge >= 0.3 is 0 Å². The summed E-state index contributed by atoms with van der Waals surface area (Å²) >= 11 is 0. The van der Waals surface area contributed by atoms with Crippen molar-refractivity contribution < 1.29 is 13.9 Å². The van der Waals surface area contributed by atoms with Gasteiger partial charge in [0.1, 0.15) is 0 Å². The van der Waals surface area contributed by atoms with Gasteiger partial charge in [-0.2, -0.15) is 0 Å². The standard InChI is InChI=1S/C19H23F2NO/c1-2-3-11-22(13-15-7-5-4-6-8-15)14-19(23)16-9-10-17(20)18(21)12-16/h4-10,12,19,23H,2-3,11,13-14H2,1H3. The van der Waals surface area contributed by atoms with E-state index in [0.717, 1.165) is 38.1 Å². The predicted molar refractivity (Wildman–Crippen MR) is 87.9 cm³/mol. The molecule has 0 fully saturated rings. The lowest BCUT2D eigenvalue weighted by Gasteiger charge is -2.25. The van der Waals surface area contributed by atoms with Crippen molar-refractivity contribution >= 4 is 0 Å². The first-order valence-electron chi connectivity index (χ1n) is 7.99. The highest BCUT2D eigenvalue weighted by molar-refractivity contribution is 5.20. The Bertz CT molecular complexity index is 604. The molecule has 1 unspecified atom stereocenters. The number of benzene rings is 2. The molecule has 0 aliphatic rings. The summed E-state index contributed by atoms with van der Waals surface area (Å²) in [6.07, 6.45) is 1.25. The molecule has 2 aromatic rings. The SMILES string of the molecule is CCCCN(Cc1ccccc1)CC(O)c1ccc(F)c(F)c1. The van der Waals surface area contributed by atoms with Crippen LogP contribution >= 0.6 is 0 Å². The van der Waals surface area contributed by atoms with Crippen LogP contribution in [0.5, 0.6) is 0 Å². The van der Waals surface area contributed by atoms with Crippen LogP contribution < -0.4 is 0 Å². The van der Waals surface area contributed by atoms with E-state index >= 15 is 0 Å². The molecule has 4 heteroatoms. The first-order valence-corrected chi connectivity index (χ1v) is 7.99. The Morgan fingerprint density at radius 1 is 1.04 bits per heavy atom. The minimum atomic E-state index is -0.926. The number of aliphatic hydroxyl groups is 1. The number of halogens is 2. The highest BCUT2D eigenvalue weighted by Crippen LogP contribution is 2.19. The van der Waals surface area contributed by atoms with Crippen LogP contribution in [-0.4, -0.2) is 23.1 Å². The third-order valence-electron chi connectivity index (χ3n) is 3.84. The number of unbranched alkanes of at least 4 members (excludes halogenated alkanes) is 1. The maximum atomic E-state index is 13.3. The first-order chi connectivity index (χ1) is 11.1. The fraction of sp³-hybridized carbons (Fsp3) is 0.368. The lowest BCUT2D eigenvalue weighted by atomic mass is 10.1. The Hall–Kier alpha value is -1.78. The average molecular weight is 319 g/mol. The molecule has 0 saturated carbocycles. The van der Waals surface area contributed by atoms with Crippen molar-refractivity contribution in [2.24, 2.45) is 0 Å². The molecule has 23 heavy (non-hydrogen) atoms. The van der Waals surface area contributed by atoms with Crippen molar-refractivity contribution in [3.05, 3.63) is 71.3 Å². The molecular formula is C19H23F2NO. The minimum Gasteiger partial charge on any atom is -0.387 e. The zero-order valence-electron chi connectivity index (χ0n) is 13.4. The second-order valence-corrected chi connectivity index (χ2v) is 5.76. The molecule has 0 aromatic heterocycles. The Morgan fingerprint density at radius 2 is 1.78 bits per heavy atom. The zero-order chi connectivity index (χ0) is 16.7. The van der Waals surface area contributed by atoms with Crippen LogP contribution in [0.4, 0.5) is 8.78 Å². The van der Waals surface area contributed by atoms with Crippen LogP contribution in [0.25, 0.3) is 0 Å². The van der Waals surface area contributed by atoms with Gasteiger partial charge in [0.25, 0.3) is 0 Å². The van der Waals surface area contributed by atoms with E-state index in [-0.39, 0.29) is 0 Å². The summed E-state index contributed by atoms with van der Waals surface area (Å²) < 4.78 is 26.3. The maximum Gasteiger partial charge on any atom is 0.159 e. The number of rotatable bonds is 8. The minimum absolute atomic E-state index is 0.389. The third kappa shape index (κ3) is 5.41. The van der Waals surface area contributed by atoms with Gasteiger partial charge in [0, 0.05) is 13.1 Å². The van der Waals surface area contributed by atoms with E-state index in [0.29, 0.717) is 12.1 Å². The van der Waals surface area contributed by atoms with Crippen molar-refractivity contribution in [1.82, 2.24) is 4.90 Å². The first kappa shape index (κ1) is 17.6. The highest BCUT2D eigenvalue weighted by atomic mass is 19.2. The molecule has 2 rings (SSSR count). The molecule has 2 nitrogen and oxygen atoms in total. The third-order valence-corrected chi connectivity index (χ3v) is 3.84. The summed E-state index contributed by atoms with van der Waals surface area (Å²) in [5.41, 5.74) is 1.57. The quantitative estimate of drug-likeness (QED) is 0.784. The maximum absolute atomic E-state index is 13.3. The van der Waals surface area contributed by atoms with Crippen molar-refractivity contribution in [1.29, 1.82) is 0 Å². The van der Waals surface area contributed by atoms with Gasteiger partial charge < -0.3 is 5.11 Å². The molecule has 0 aliphatic heterocycles. The van der Waals surface area contributed by atoms with Gasteiger partial charge in [-0.25, -0.2) is 8.78 Å². The molecular weight excluding hydrogens is 296 g/mol. The van der Waals surface area contributed by atoms with Crippen LogP contribution in [0, 0.1) is 11.6 Å². The van der Waals surface area contributed by atoms with Gasteiger partial charge in [-0.15, -0.1) is 0 Å². The van der Waals surface area contributed by atoms with Gasteiger partial charge in [-0.3, -0.25) is 4.90 Å². The summed E-state index contributed by atoms with van der Waals surface area (Å²) in [5.74, 6) is -1.82. The van der Waals surface area contributed by atoms with Gasteiger partial charge in [-0.1, -0.05) is 49.7 Å². The van der Waals surface area contributed by atoms with Gasteiger partial charge in [0.2, 0.25) is 0 Å². The molecule has 2 aromatic carbocycles. The summed E-state index contributed by atoms with van der Waals surface area (Å²) in [7, 11) is 0. The number of aliphatic hydroxyl groups excluding tert-OH is 1. The van der Waals surface area contributed by atoms with Crippen molar-refractivity contribution in [2.75, 3.05) is 13.1 Å². The van der Waals surface area contributed by atoms with Crippen LogP contribution in [0.2, 0.25) is 0 Å². The Morgan fingerprint density at radius 3 is 2.43 bits per heavy atom. The van der Waals surface area contributed by atoms with Crippen LogP contribution in [0.3, 0.4) is 0 Å². The lowest BCUT2D eigenvalue weighted by molar-refractivity contribution is 0.108. The van der Waals surface area contributed by atoms with E-state index in [9.17, 15) is 13.9 Å². The Balaban J connectivity index is 2.05. The molecule has 0 saturated heterocycles. The van der Waals surface area contributed by atoms with E-state index in [1.165, 1.54) is 11.6 Å². The molecule has 0 bridgehead atoms. The van der Waals surface area contributed by atoms with Crippen molar-refractivity contribution in [2.45, 2.75) is 32.4 Å². The molecule has 0 heterocycles. The molecule has 0 amide bonds. The largest absolute Gasteiger partial charge is 0.387 e. The van der Waals surface area contributed by atoms with Gasteiger partial charge in [0.05, 0.1) is 6.10 Å². The number of nitrogens with zero attached hydrogens (tertiary/aromatic N) is 1. The number of hydrogen-bond acceptors (Lipinski definition) is 2. The second-order valence-electron chi connectivity index (χ2n) is 5.76. The molecule has 1 atom stereocenters. The van der Waals surface area contributed by atoms with E-state index in [2.05, 4.69) is 11.8 Å². The average Bonchev–Trinajstić information content (AvgIpc) is 2.56. The molecule has 0 spiro atoms. The molecule has 0 radical (unpaired) electrons. The topological polar surface area (TPSA) is 23.5 Å². The zero-order valence-corrected chi connectivity index (χ0v) is 13.4. The summed E-state index contributed by atoms with van der Waals surface area (Å²) in [4.78, 5) is 2.14. The lowest BCUT2D eigenvalue weighted by Crippen LogP contribution is -2.29. The Kier molecular flexibility index (Phi) is 6.68. The van der Waals surface area contributed by atoms with Crippen LogP contribution in [0.1, 0.15) is 37.0 Å². The normalized spacial score (nSPS) is 12.6. The van der Waals surface area contributed by atoms with Gasteiger partial charge in [-0.05, 0) is 36.2 Å². The second kappa shape index (κ2) is 8.75. The van der Waals surface area contributed by atoms with Crippen molar-refractivity contribution in [3.8, 4) is 0 Å². The molecule has 1 N–H and O–H groups in total. The van der Waals surface area contributed by atoms with Crippen LogP contribution in [-0.2, 0) is 6.54 Å². The molecule has 0 aliphatic carbocycles. The summed E-state index contributed by atoms with van der Waals surface area (Å²) in [5, 5.41) is 10.4. The molecule has 124 valence electrons. The van der Waals surface area contributed by atoms with E-state index < -0.39 is 17.7 Å². The summed E-state index contributed by atoms with van der Waals surface area (Å²) in [6, 6.07) is 13.6. The fourth-order valence-electron chi connectivity index (χ4n) is 2.53. The van der Waals surface area contributed by atoms with Crippen LogP contribution in [0.15, 0.2) is 48.5 Å². The van der Waals surface area contributed by atoms with E-state index in [4.69, 9.17) is 0 Å². The monoisotopic (exact) mass is 319 g/mol. The smallest absolute Gasteiger partial charge is 0.159 e. The fourth-order valence-corrected chi connectivity index (χ4v) is 2.53. The highest BCUT2D eigenvalue weighted by Gasteiger charge is 2.15.